The number of halogens is 1. The molecule has 1 aromatic rings. The van der Waals surface area contributed by atoms with E-state index >= 15 is 0 Å². The summed E-state index contributed by atoms with van der Waals surface area (Å²) in [5.41, 5.74) is 6.71. The molecule has 11 heavy (non-hydrogen) atoms. The van der Waals surface area contributed by atoms with Crippen LogP contribution < -0.4 is 5.73 Å². The second-order valence-electron chi connectivity index (χ2n) is 2.87. The van der Waals surface area contributed by atoms with E-state index in [4.69, 9.17) is 17.3 Å². The quantitative estimate of drug-likeness (QED) is 0.698. The van der Waals surface area contributed by atoms with Crippen molar-refractivity contribution < 1.29 is 0 Å². The van der Waals surface area contributed by atoms with Crippen LogP contribution in [0.15, 0.2) is 12.3 Å². The van der Waals surface area contributed by atoms with Crippen LogP contribution in [-0.2, 0) is 0 Å². The number of aromatic nitrogens is 1. The third-order valence-electron chi connectivity index (χ3n) is 1.96. The van der Waals surface area contributed by atoms with Crippen LogP contribution >= 0.6 is 11.6 Å². The number of hydrogen-bond donors (Lipinski definition) is 1. The Morgan fingerprint density at radius 2 is 2.27 bits per heavy atom. The fourth-order valence-corrected chi connectivity index (χ4v) is 1.45. The lowest BCUT2D eigenvalue weighted by atomic mass is 10.2. The molecular formula is C8H9ClN2. The molecule has 1 saturated carbocycles. The van der Waals surface area contributed by atoms with Crippen molar-refractivity contribution in [2.45, 2.75) is 18.8 Å². The second kappa shape index (κ2) is 2.38. The molecule has 0 aromatic carbocycles. The number of pyridine rings is 1. The van der Waals surface area contributed by atoms with Gasteiger partial charge in [-0.1, -0.05) is 11.6 Å². The number of anilines is 1. The smallest absolute Gasteiger partial charge is 0.142 e. The Hall–Kier alpha value is -0.760. The van der Waals surface area contributed by atoms with Crippen molar-refractivity contribution in [3.63, 3.8) is 0 Å². The van der Waals surface area contributed by atoms with Gasteiger partial charge in [0.15, 0.2) is 0 Å². The summed E-state index contributed by atoms with van der Waals surface area (Å²) in [7, 11) is 0. The fourth-order valence-electron chi connectivity index (χ4n) is 1.19. The van der Waals surface area contributed by atoms with Crippen molar-refractivity contribution in [3.05, 3.63) is 22.8 Å². The van der Waals surface area contributed by atoms with Gasteiger partial charge in [0.25, 0.3) is 0 Å². The average Bonchev–Trinajstić information content (AvgIpc) is 2.77. The molecule has 58 valence electrons. The molecule has 3 heteroatoms. The predicted octanol–water partition coefficient (Wildman–Crippen LogP) is 2.19. The number of rotatable bonds is 1. The van der Waals surface area contributed by atoms with Gasteiger partial charge in [0.05, 0.1) is 5.02 Å². The van der Waals surface area contributed by atoms with Gasteiger partial charge in [0.1, 0.15) is 5.82 Å². The molecular weight excluding hydrogens is 160 g/mol. The minimum atomic E-state index is 0.455. The minimum Gasteiger partial charge on any atom is -0.382 e. The molecule has 1 aliphatic rings. The van der Waals surface area contributed by atoms with E-state index in [1.807, 2.05) is 6.07 Å². The van der Waals surface area contributed by atoms with Crippen LogP contribution in [0.2, 0.25) is 5.02 Å². The highest BCUT2D eigenvalue weighted by atomic mass is 35.5. The van der Waals surface area contributed by atoms with Crippen molar-refractivity contribution in [2.24, 2.45) is 0 Å². The Morgan fingerprint density at radius 3 is 2.91 bits per heavy atom. The molecule has 0 spiro atoms. The summed E-state index contributed by atoms with van der Waals surface area (Å²) >= 11 is 5.94. The van der Waals surface area contributed by atoms with E-state index in [0.717, 1.165) is 0 Å². The normalized spacial score (nSPS) is 16.8. The standard InChI is InChI=1S/C8H9ClN2/c9-7-6(5-1-2-5)3-4-11-8(7)10/h3-5H,1-2H2,(H2,10,11). The molecule has 0 unspecified atom stereocenters. The van der Waals surface area contributed by atoms with Gasteiger partial charge in [0.2, 0.25) is 0 Å². The molecule has 2 rings (SSSR count). The SMILES string of the molecule is Nc1nccc(C2CC2)c1Cl. The van der Waals surface area contributed by atoms with E-state index in [-0.39, 0.29) is 0 Å². The number of hydrogen-bond acceptors (Lipinski definition) is 2. The molecule has 1 aliphatic carbocycles. The summed E-state index contributed by atoms with van der Waals surface area (Å²) < 4.78 is 0. The van der Waals surface area contributed by atoms with E-state index in [1.165, 1.54) is 18.4 Å². The Kier molecular flexibility index (Phi) is 1.50. The summed E-state index contributed by atoms with van der Waals surface area (Å²) in [6.07, 6.45) is 4.20. The molecule has 0 amide bonds. The van der Waals surface area contributed by atoms with Crippen molar-refractivity contribution in [3.8, 4) is 0 Å². The van der Waals surface area contributed by atoms with E-state index in [2.05, 4.69) is 4.98 Å². The lowest BCUT2D eigenvalue weighted by Crippen LogP contribution is -1.93. The molecule has 0 radical (unpaired) electrons. The van der Waals surface area contributed by atoms with Crippen LogP contribution in [-0.4, -0.2) is 4.98 Å². The van der Waals surface area contributed by atoms with Crippen LogP contribution in [0.25, 0.3) is 0 Å². The second-order valence-corrected chi connectivity index (χ2v) is 3.25. The largest absolute Gasteiger partial charge is 0.382 e. The third kappa shape index (κ3) is 1.18. The summed E-state index contributed by atoms with van der Waals surface area (Å²) in [4.78, 5) is 3.90. The highest BCUT2D eigenvalue weighted by Crippen LogP contribution is 2.43. The highest BCUT2D eigenvalue weighted by Gasteiger charge is 2.26. The zero-order valence-corrected chi connectivity index (χ0v) is 6.80. The van der Waals surface area contributed by atoms with Crippen LogP contribution in [0.5, 0.6) is 0 Å². The first-order valence-electron chi connectivity index (χ1n) is 3.69. The Labute approximate surface area is 70.4 Å². The maximum atomic E-state index is 5.94. The van der Waals surface area contributed by atoms with E-state index in [1.54, 1.807) is 6.20 Å². The Balaban J connectivity index is 2.45. The van der Waals surface area contributed by atoms with E-state index in [0.29, 0.717) is 16.8 Å². The fraction of sp³-hybridized carbons (Fsp3) is 0.375. The molecule has 0 aliphatic heterocycles. The summed E-state index contributed by atoms with van der Waals surface area (Å²) in [5, 5.41) is 0.648. The Morgan fingerprint density at radius 1 is 1.55 bits per heavy atom. The number of nitrogen functional groups attached to an aromatic ring is 1. The van der Waals surface area contributed by atoms with Gasteiger partial charge in [-0.25, -0.2) is 4.98 Å². The van der Waals surface area contributed by atoms with Crippen LogP contribution in [0, 0.1) is 0 Å². The van der Waals surface area contributed by atoms with Crippen LogP contribution in [0.1, 0.15) is 24.3 Å². The molecule has 0 saturated heterocycles. The number of nitrogens with zero attached hydrogens (tertiary/aromatic N) is 1. The van der Waals surface area contributed by atoms with Crippen molar-refractivity contribution >= 4 is 17.4 Å². The lowest BCUT2D eigenvalue weighted by Gasteiger charge is -2.02. The topological polar surface area (TPSA) is 38.9 Å². The lowest BCUT2D eigenvalue weighted by molar-refractivity contribution is 1.11. The number of nitrogens with two attached hydrogens (primary N) is 1. The van der Waals surface area contributed by atoms with Gasteiger partial charge < -0.3 is 5.73 Å². The van der Waals surface area contributed by atoms with Crippen molar-refractivity contribution in [2.75, 3.05) is 5.73 Å². The first-order valence-corrected chi connectivity index (χ1v) is 4.06. The van der Waals surface area contributed by atoms with E-state index in [9.17, 15) is 0 Å². The molecule has 0 bridgehead atoms. The van der Waals surface area contributed by atoms with Gasteiger partial charge in [0, 0.05) is 6.20 Å². The predicted molar refractivity (Wildman–Crippen MR) is 45.6 cm³/mol. The zero-order chi connectivity index (χ0) is 7.84. The zero-order valence-electron chi connectivity index (χ0n) is 6.05. The third-order valence-corrected chi connectivity index (χ3v) is 2.38. The van der Waals surface area contributed by atoms with Gasteiger partial charge in [-0.05, 0) is 30.4 Å². The molecule has 2 nitrogen and oxygen atoms in total. The molecule has 2 N–H and O–H groups in total. The molecule has 1 heterocycles. The molecule has 1 aromatic heterocycles. The maximum Gasteiger partial charge on any atom is 0.142 e. The van der Waals surface area contributed by atoms with Gasteiger partial charge in [-0.15, -0.1) is 0 Å². The first kappa shape index (κ1) is 6.92. The van der Waals surface area contributed by atoms with Crippen LogP contribution in [0.4, 0.5) is 5.82 Å². The summed E-state index contributed by atoms with van der Waals surface area (Å²) in [6, 6.07) is 1.95. The van der Waals surface area contributed by atoms with Crippen molar-refractivity contribution in [1.29, 1.82) is 0 Å². The summed E-state index contributed by atoms with van der Waals surface area (Å²) in [6.45, 7) is 0. The minimum absolute atomic E-state index is 0.455. The first-order chi connectivity index (χ1) is 5.29. The maximum absolute atomic E-state index is 5.94. The highest BCUT2D eigenvalue weighted by molar-refractivity contribution is 6.33. The Bertz CT molecular complexity index is 281. The molecule has 1 fully saturated rings. The van der Waals surface area contributed by atoms with Gasteiger partial charge in [-0.2, -0.15) is 0 Å². The van der Waals surface area contributed by atoms with E-state index < -0.39 is 0 Å². The monoisotopic (exact) mass is 168 g/mol. The van der Waals surface area contributed by atoms with Crippen molar-refractivity contribution in [1.82, 2.24) is 4.98 Å². The van der Waals surface area contributed by atoms with Gasteiger partial charge in [-0.3, -0.25) is 0 Å². The summed E-state index contributed by atoms with van der Waals surface area (Å²) in [5.74, 6) is 1.10. The van der Waals surface area contributed by atoms with Gasteiger partial charge >= 0.3 is 0 Å². The van der Waals surface area contributed by atoms with Crippen LogP contribution in [0.3, 0.4) is 0 Å². The molecule has 0 atom stereocenters. The average molecular weight is 169 g/mol.